The first-order valence-corrected chi connectivity index (χ1v) is 4.01. The molecular formula is C9H13NO3. The molecule has 0 N–H and O–H groups in total. The molecule has 0 aromatic heterocycles. The molecule has 0 aliphatic carbocycles. The first-order valence-electron chi connectivity index (χ1n) is 4.01. The Bertz CT molecular complexity index is 250. The van der Waals surface area contributed by atoms with Crippen molar-refractivity contribution in [2.24, 2.45) is 0 Å². The van der Waals surface area contributed by atoms with Gasteiger partial charge in [-0.2, -0.15) is 0 Å². The molecule has 0 bridgehead atoms. The SMILES string of the molecule is CC(C)(C)OC(=O)N1C=CC=CO1. The fourth-order valence-corrected chi connectivity index (χ4v) is 0.720. The molecule has 0 aromatic rings. The van der Waals surface area contributed by atoms with E-state index in [0.717, 1.165) is 5.06 Å². The number of ether oxygens (including phenoxy) is 1. The summed E-state index contributed by atoms with van der Waals surface area (Å²) in [6, 6.07) is 0. The normalized spacial score (nSPS) is 15.5. The Kier molecular flexibility index (Phi) is 2.60. The van der Waals surface area contributed by atoms with Gasteiger partial charge < -0.3 is 9.57 Å². The molecule has 0 unspecified atom stereocenters. The second kappa shape index (κ2) is 3.51. The van der Waals surface area contributed by atoms with Crippen LogP contribution in [0.25, 0.3) is 0 Å². The van der Waals surface area contributed by atoms with E-state index in [1.165, 1.54) is 12.5 Å². The van der Waals surface area contributed by atoms with Crippen LogP contribution < -0.4 is 0 Å². The minimum absolute atomic E-state index is 0.505. The maximum Gasteiger partial charge on any atom is 0.448 e. The number of nitrogens with zero attached hydrogens (tertiary/aromatic N) is 1. The van der Waals surface area contributed by atoms with E-state index in [-0.39, 0.29) is 0 Å². The summed E-state index contributed by atoms with van der Waals surface area (Å²) in [5, 5.41) is 1.03. The number of hydrogen-bond donors (Lipinski definition) is 0. The Morgan fingerprint density at radius 3 is 2.54 bits per heavy atom. The van der Waals surface area contributed by atoms with Crippen LogP contribution in [0.3, 0.4) is 0 Å². The van der Waals surface area contributed by atoms with E-state index in [9.17, 15) is 4.79 Å². The topological polar surface area (TPSA) is 38.8 Å². The van der Waals surface area contributed by atoms with E-state index in [0.29, 0.717) is 0 Å². The zero-order valence-corrected chi connectivity index (χ0v) is 7.98. The highest BCUT2D eigenvalue weighted by Gasteiger charge is 2.21. The lowest BCUT2D eigenvalue weighted by atomic mass is 10.2. The Hall–Kier alpha value is -1.45. The third kappa shape index (κ3) is 3.19. The number of carbonyl (C=O) groups is 1. The standard InChI is InChI=1S/C9H13NO3/c1-9(2,3)13-8(11)10-6-4-5-7-12-10/h4-7H,1-3H3. The van der Waals surface area contributed by atoms with Crippen LogP contribution in [-0.4, -0.2) is 16.8 Å². The summed E-state index contributed by atoms with van der Waals surface area (Å²) in [4.78, 5) is 16.2. The summed E-state index contributed by atoms with van der Waals surface area (Å²) < 4.78 is 5.05. The Balaban J connectivity index is 2.49. The van der Waals surface area contributed by atoms with Gasteiger partial charge in [-0.3, -0.25) is 0 Å². The van der Waals surface area contributed by atoms with Gasteiger partial charge >= 0.3 is 6.09 Å². The van der Waals surface area contributed by atoms with Crippen LogP contribution in [0, 0.1) is 0 Å². The Labute approximate surface area is 77.4 Å². The van der Waals surface area contributed by atoms with Crippen molar-refractivity contribution in [2.75, 3.05) is 0 Å². The number of allylic oxidation sites excluding steroid dienone is 2. The monoisotopic (exact) mass is 183 g/mol. The summed E-state index contributed by atoms with van der Waals surface area (Å²) >= 11 is 0. The predicted octanol–water partition coefficient (Wildman–Crippen LogP) is 2.20. The molecule has 0 fully saturated rings. The second-order valence-electron chi connectivity index (χ2n) is 3.58. The molecule has 0 atom stereocenters. The lowest BCUT2D eigenvalue weighted by Crippen LogP contribution is -2.33. The molecule has 72 valence electrons. The van der Waals surface area contributed by atoms with E-state index in [2.05, 4.69) is 0 Å². The largest absolute Gasteiger partial charge is 0.448 e. The zero-order valence-electron chi connectivity index (χ0n) is 7.98. The van der Waals surface area contributed by atoms with Gasteiger partial charge in [-0.1, -0.05) is 0 Å². The highest BCUT2D eigenvalue weighted by molar-refractivity contribution is 5.68. The van der Waals surface area contributed by atoms with Crippen molar-refractivity contribution >= 4 is 6.09 Å². The molecule has 1 aliphatic rings. The van der Waals surface area contributed by atoms with Gasteiger partial charge in [0.15, 0.2) is 0 Å². The maximum absolute atomic E-state index is 11.3. The van der Waals surface area contributed by atoms with Crippen LogP contribution in [0.5, 0.6) is 0 Å². The predicted molar refractivity (Wildman–Crippen MR) is 47.4 cm³/mol. The number of hydroxylamine groups is 2. The van der Waals surface area contributed by atoms with Gasteiger partial charge in [-0.25, -0.2) is 4.79 Å². The van der Waals surface area contributed by atoms with Gasteiger partial charge in [0, 0.05) is 0 Å². The van der Waals surface area contributed by atoms with Crippen molar-refractivity contribution in [1.82, 2.24) is 5.06 Å². The van der Waals surface area contributed by atoms with Crippen molar-refractivity contribution in [1.29, 1.82) is 0 Å². The number of hydrogen-bond acceptors (Lipinski definition) is 3. The summed E-state index contributed by atoms with van der Waals surface area (Å²) in [5.41, 5.74) is -0.505. The molecule has 0 spiro atoms. The number of carbonyl (C=O) groups excluding carboxylic acids is 1. The van der Waals surface area contributed by atoms with Crippen LogP contribution in [0.15, 0.2) is 24.6 Å². The molecule has 13 heavy (non-hydrogen) atoms. The van der Waals surface area contributed by atoms with Crippen LogP contribution in [0.1, 0.15) is 20.8 Å². The summed E-state index contributed by atoms with van der Waals surface area (Å²) in [6.45, 7) is 5.40. The van der Waals surface area contributed by atoms with Gasteiger partial charge in [0.2, 0.25) is 0 Å². The minimum atomic E-state index is -0.520. The van der Waals surface area contributed by atoms with E-state index in [1.54, 1.807) is 32.9 Å². The summed E-state index contributed by atoms with van der Waals surface area (Å²) in [6.07, 6.45) is 5.75. The molecule has 1 amide bonds. The number of amides is 1. The Morgan fingerprint density at radius 1 is 1.38 bits per heavy atom. The second-order valence-corrected chi connectivity index (χ2v) is 3.58. The van der Waals surface area contributed by atoms with Crippen molar-refractivity contribution < 1.29 is 14.4 Å². The smallest absolute Gasteiger partial charge is 0.441 e. The van der Waals surface area contributed by atoms with Crippen LogP contribution >= 0.6 is 0 Å². The van der Waals surface area contributed by atoms with Crippen molar-refractivity contribution in [2.45, 2.75) is 26.4 Å². The minimum Gasteiger partial charge on any atom is -0.441 e. The molecule has 0 saturated heterocycles. The first-order chi connectivity index (χ1) is 5.99. The average Bonchev–Trinajstić information content (AvgIpc) is 2.03. The quantitative estimate of drug-likeness (QED) is 0.577. The lowest BCUT2D eigenvalue weighted by molar-refractivity contribution is -0.0723. The van der Waals surface area contributed by atoms with E-state index in [4.69, 9.17) is 9.57 Å². The van der Waals surface area contributed by atoms with E-state index < -0.39 is 11.7 Å². The molecular weight excluding hydrogens is 170 g/mol. The van der Waals surface area contributed by atoms with Gasteiger partial charge in [-0.05, 0) is 32.9 Å². The Morgan fingerprint density at radius 2 is 2.08 bits per heavy atom. The summed E-state index contributed by atoms with van der Waals surface area (Å²) in [7, 11) is 0. The molecule has 0 saturated carbocycles. The molecule has 0 radical (unpaired) electrons. The molecule has 4 heteroatoms. The zero-order chi connectivity index (χ0) is 9.90. The lowest BCUT2D eigenvalue weighted by Gasteiger charge is -2.24. The first kappa shape index (κ1) is 9.64. The van der Waals surface area contributed by atoms with Gasteiger partial charge in [0.25, 0.3) is 0 Å². The highest BCUT2D eigenvalue weighted by Crippen LogP contribution is 2.11. The van der Waals surface area contributed by atoms with Gasteiger partial charge in [0.05, 0.1) is 6.20 Å². The van der Waals surface area contributed by atoms with Crippen molar-refractivity contribution in [3.63, 3.8) is 0 Å². The average molecular weight is 183 g/mol. The van der Waals surface area contributed by atoms with Crippen LogP contribution in [0.2, 0.25) is 0 Å². The molecule has 1 heterocycles. The number of rotatable bonds is 0. The molecule has 0 aromatic carbocycles. The van der Waals surface area contributed by atoms with E-state index >= 15 is 0 Å². The van der Waals surface area contributed by atoms with E-state index in [1.807, 2.05) is 0 Å². The van der Waals surface area contributed by atoms with Crippen molar-refractivity contribution in [3.05, 3.63) is 24.6 Å². The third-order valence-electron chi connectivity index (χ3n) is 1.16. The maximum atomic E-state index is 11.3. The fourth-order valence-electron chi connectivity index (χ4n) is 0.720. The van der Waals surface area contributed by atoms with Crippen LogP contribution in [0.4, 0.5) is 4.79 Å². The summed E-state index contributed by atoms with van der Waals surface area (Å²) in [5.74, 6) is 0. The molecule has 4 nitrogen and oxygen atoms in total. The fraction of sp³-hybridized carbons (Fsp3) is 0.444. The molecule has 1 aliphatic heterocycles. The molecule has 1 rings (SSSR count). The van der Waals surface area contributed by atoms with Crippen LogP contribution in [-0.2, 0) is 9.57 Å². The van der Waals surface area contributed by atoms with Gasteiger partial charge in [-0.15, -0.1) is 5.06 Å². The van der Waals surface area contributed by atoms with Crippen molar-refractivity contribution in [3.8, 4) is 0 Å². The van der Waals surface area contributed by atoms with Gasteiger partial charge in [0.1, 0.15) is 11.9 Å². The third-order valence-corrected chi connectivity index (χ3v) is 1.16. The highest BCUT2D eigenvalue weighted by atomic mass is 16.7.